The number of hydrogen-bond acceptors (Lipinski definition) is 1. The summed E-state index contributed by atoms with van der Waals surface area (Å²) in [6.45, 7) is 14.6. The molecule has 0 atom stereocenters. The Bertz CT molecular complexity index is 2640. The van der Waals surface area contributed by atoms with Crippen LogP contribution in [-0.4, -0.2) is 0 Å². The molecule has 4 saturated carbocycles. The van der Waals surface area contributed by atoms with Crippen LogP contribution in [0.3, 0.4) is 0 Å². The normalized spacial score (nSPS) is 26.8. The highest BCUT2D eigenvalue weighted by Gasteiger charge is 2.61. The van der Waals surface area contributed by atoms with Gasteiger partial charge in [-0.1, -0.05) is 139 Å². The third-order valence-electron chi connectivity index (χ3n) is 16.9. The number of fused-ring (bicyclic) bond motifs is 7. The standard InChI is InChI=1S/C57H57N/c1-54(2)27-28-55(3,4)53-42(15-11-19-49(53)54)37-21-23-40(24-22-37)58(51-20-12-18-48-52(51)45-14-8-9-16-46(45)56(48,5)6)41-25-26-44-43-13-7-10-17-47(43)57(50(44)34-41)38-30-35-29-36(32-38)33-39(57)31-35/h7-26,34-36,38-39H,27-33H2,1-6H3. The zero-order chi connectivity index (χ0) is 39.3. The average Bonchev–Trinajstić information content (AvgIpc) is 3.64. The van der Waals surface area contributed by atoms with Crippen molar-refractivity contribution in [1.82, 2.24) is 0 Å². The second kappa shape index (κ2) is 11.9. The molecule has 4 bridgehead atoms. The first-order valence-corrected chi connectivity index (χ1v) is 22.5. The Morgan fingerprint density at radius 2 is 1.02 bits per heavy atom. The van der Waals surface area contributed by atoms with Crippen LogP contribution in [0, 0.1) is 23.7 Å². The van der Waals surface area contributed by atoms with E-state index in [4.69, 9.17) is 0 Å². The van der Waals surface area contributed by atoms with Gasteiger partial charge in [-0.3, -0.25) is 0 Å². The molecule has 13 rings (SSSR count). The molecule has 0 saturated heterocycles. The highest BCUT2D eigenvalue weighted by Crippen LogP contribution is 2.70. The first kappa shape index (κ1) is 35.1. The molecular formula is C57H57N. The Kier molecular flexibility index (Phi) is 7.18. The predicted molar refractivity (Wildman–Crippen MR) is 243 cm³/mol. The molecule has 0 radical (unpaired) electrons. The minimum atomic E-state index is -0.0749. The molecule has 0 aromatic heterocycles. The topological polar surface area (TPSA) is 3.24 Å². The summed E-state index contributed by atoms with van der Waals surface area (Å²) in [6, 6.07) is 50.2. The van der Waals surface area contributed by atoms with Gasteiger partial charge in [0.1, 0.15) is 0 Å². The molecule has 1 spiro atoms. The summed E-state index contributed by atoms with van der Waals surface area (Å²) >= 11 is 0. The zero-order valence-corrected chi connectivity index (χ0v) is 35.3. The molecule has 290 valence electrons. The summed E-state index contributed by atoms with van der Waals surface area (Å²) in [5.41, 5.74) is 21.7. The van der Waals surface area contributed by atoms with E-state index in [9.17, 15) is 0 Å². The molecule has 0 amide bonds. The van der Waals surface area contributed by atoms with Gasteiger partial charge in [0.2, 0.25) is 0 Å². The van der Waals surface area contributed by atoms with E-state index in [1.165, 1.54) is 118 Å². The molecule has 0 unspecified atom stereocenters. The van der Waals surface area contributed by atoms with Crippen molar-refractivity contribution >= 4 is 17.1 Å². The molecule has 7 aliphatic carbocycles. The fraction of sp³-hybridized carbons (Fsp3) is 0.368. The van der Waals surface area contributed by atoms with E-state index < -0.39 is 0 Å². The lowest BCUT2D eigenvalue weighted by Gasteiger charge is -2.61. The van der Waals surface area contributed by atoms with Crippen LogP contribution in [0.2, 0.25) is 0 Å². The predicted octanol–water partition coefficient (Wildman–Crippen LogP) is 15.2. The van der Waals surface area contributed by atoms with Crippen molar-refractivity contribution in [2.75, 3.05) is 4.90 Å². The second-order valence-corrected chi connectivity index (χ2v) is 21.2. The molecule has 58 heavy (non-hydrogen) atoms. The monoisotopic (exact) mass is 755 g/mol. The van der Waals surface area contributed by atoms with Crippen LogP contribution in [0.4, 0.5) is 17.1 Å². The van der Waals surface area contributed by atoms with Gasteiger partial charge in [-0.2, -0.15) is 0 Å². The van der Waals surface area contributed by atoms with Crippen LogP contribution < -0.4 is 4.90 Å². The Morgan fingerprint density at radius 3 is 1.76 bits per heavy atom. The number of hydrogen-bond donors (Lipinski definition) is 0. The molecule has 7 aliphatic rings. The quantitative estimate of drug-likeness (QED) is 0.173. The van der Waals surface area contributed by atoms with Crippen LogP contribution in [0.15, 0.2) is 127 Å². The summed E-state index contributed by atoms with van der Waals surface area (Å²) in [7, 11) is 0. The summed E-state index contributed by atoms with van der Waals surface area (Å²) in [5.74, 6) is 3.30. The number of rotatable bonds is 4. The molecule has 6 aromatic rings. The van der Waals surface area contributed by atoms with Gasteiger partial charge in [0.15, 0.2) is 0 Å². The maximum atomic E-state index is 2.68. The minimum absolute atomic E-state index is 0.0749. The number of anilines is 3. The summed E-state index contributed by atoms with van der Waals surface area (Å²) in [4.78, 5) is 2.63. The summed E-state index contributed by atoms with van der Waals surface area (Å²) in [6.07, 6.45) is 9.48. The van der Waals surface area contributed by atoms with Gasteiger partial charge in [0.25, 0.3) is 0 Å². The smallest absolute Gasteiger partial charge is 0.0543 e. The first-order valence-electron chi connectivity index (χ1n) is 22.5. The Morgan fingerprint density at radius 1 is 0.448 bits per heavy atom. The fourth-order valence-corrected chi connectivity index (χ4v) is 14.4. The fourth-order valence-electron chi connectivity index (χ4n) is 14.4. The van der Waals surface area contributed by atoms with Gasteiger partial charge in [-0.25, -0.2) is 0 Å². The van der Waals surface area contributed by atoms with Crippen LogP contribution in [0.5, 0.6) is 0 Å². The molecule has 4 fully saturated rings. The van der Waals surface area contributed by atoms with Gasteiger partial charge in [0, 0.05) is 27.8 Å². The maximum absolute atomic E-state index is 2.68. The number of benzene rings is 6. The summed E-state index contributed by atoms with van der Waals surface area (Å²) in [5, 5.41) is 0. The molecular weight excluding hydrogens is 699 g/mol. The molecule has 1 heteroatoms. The first-order chi connectivity index (χ1) is 28.0. The van der Waals surface area contributed by atoms with Gasteiger partial charge in [-0.15, -0.1) is 0 Å². The average molecular weight is 756 g/mol. The van der Waals surface area contributed by atoms with E-state index in [-0.39, 0.29) is 21.7 Å². The van der Waals surface area contributed by atoms with E-state index in [0.717, 1.165) is 23.7 Å². The van der Waals surface area contributed by atoms with Crippen molar-refractivity contribution in [3.8, 4) is 33.4 Å². The van der Waals surface area contributed by atoms with E-state index in [2.05, 4.69) is 174 Å². The lowest BCUT2D eigenvalue weighted by Crippen LogP contribution is -2.55. The Labute approximate surface area is 346 Å². The van der Waals surface area contributed by atoms with Crippen LogP contribution in [-0.2, 0) is 21.7 Å². The van der Waals surface area contributed by atoms with Gasteiger partial charge in [-0.05, 0) is 171 Å². The van der Waals surface area contributed by atoms with Crippen molar-refractivity contribution in [1.29, 1.82) is 0 Å². The van der Waals surface area contributed by atoms with E-state index in [1.807, 2.05) is 0 Å². The SMILES string of the molecule is CC1(C)CCC(C)(C)c2c(-c3ccc(N(c4ccc5c(c4)C4(c6ccccc6-5)C5CC6CC(C5)CC4C6)c4cccc5c4-c4ccccc4C5(C)C)cc3)cccc21. The van der Waals surface area contributed by atoms with Crippen LogP contribution in [0.1, 0.15) is 120 Å². The molecule has 6 aromatic carbocycles. The summed E-state index contributed by atoms with van der Waals surface area (Å²) < 4.78 is 0. The number of nitrogens with zero attached hydrogens (tertiary/aromatic N) is 1. The third-order valence-corrected chi connectivity index (χ3v) is 16.9. The van der Waals surface area contributed by atoms with Crippen molar-refractivity contribution < 1.29 is 0 Å². The highest BCUT2D eigenvalue weighted by atomic mass is 15.1. The molecule has 0 aliphatic heterocycles. The Hall–Kier alpha value is -4.88. The second-order valence-electron chi connectivity index (χ2n) is 21.2. The maximum Gasteiger partial charge on any atom is 0.0543 e. The zero-order valence-electron chi connectivity index (χ0n) is 35.3. The van der Waals surface area contributed by atoms with Gasteiger partial charge >= 0.3 is 0 Å². The Balaban J connectivity index is 1.07. The lowest BCUT2D eigenvalue weighted by atomic mass is 9.43. The lowest BCUT2D eigenvalue weighted by molar-refractivity contribution is -0.0399. The van der Waals surface area contributed by atoms with Crippen molar-refractivity contribution in [3.05, 3.63) is 161 Å². The van der Waals surface area contributed by atoms with E-state index in [0.29, 0.717) is 0 Å². The van der Waals surface area contributed by atoms with Gasteiger partial charge in [0.05, 0.1) is 5.69 Å². The van der Waals surface area contributed by atoms with Crippen LogP contribution >= 0.6 is 0 Å². The van der Waals surface area contributed by atoms with E-state index >= 15 is 0 Å². The molecule has 0 heterocycles. The van der Waals surface area contributed by atoms with Crippen molar-refractivity contribution in [2.45, 2.75) is 108 Å². The van der Waals surface area contributed by atoms with E-state index in [1.54, 1.807) is 11.1 Å². The van der Waals surface area contributed by atoms with Crippen molar-refractivity contribution in [3.63, 3.8) is 0 Å². The largest absolute Gasteiger partial charge is 0.310 e. The van der Waals surface area contributed by atoms with Crippen molar-refractivity contribution in [2.24, 2.45) is 23.7 Å². The third kappa shape index (κ3) is 4.60. The van der Waals surface area contributed by atoms with Crippen LogP contribution in [0.25, 0.3) is 33.4 Å². The molecule has 0 N–H and O–H groups in total. The molecule has 1 nitrogen and oxygen atoms in total. The minimum Gasteiger partial charge on any atom is -0.310 e. The van der Waals surface area contributed by atoms with Gasteiger partial charge < -0.3 is 4.90 Å². The highest BCUT2D eigenvalue weighted by molar-refractivity contribution is 5.96.